The topological polar surface area (TPSA) is 23.3 Å². The molecule has 2 heterocycles. The first kappa shape index (κ1) is 23.0. The lowest BCUT2D eigenvalue weighted by Gasteiger charge is -2.25. The Morgan fingerprint density at radius 2 is 1.46 bits per heavy atom. The van der Waals surface area contributed by atoms with Crippen LogP contribution in [0.3, 0.4) is 0 Å². The second kappa shape index (κ2) is 8.20. The lowest BCUT2D eigenvalue weighted by molar-refractivity contribution is -0.401. The third-order valence-corrected chi connectivity index (χ3v) is 7.85. The normalized spacial score (nSPS) is 19.2. The number of hydrogen-bond acceptors (Lipinski definition) is 2. The number of fused-ring (bicyclic) bond motifs is 2. The minimum Gasteiger partial charge on any atom is -0.347 e. The summed E-state index contributed by atoms with van der Waals surface area (Å²) in [5, 5.41) is 0. The number of aldehydes is 1. The number of nitrogens with zero attached hydrogens (tertiary/aromatic N) is 2. The number of rotatable bonds is 4. The average Bonchev–Trinajstić information content (AvgIpc) is 3.18. The second-order valence-electron chi connectivity index (χ2n) is 10.7. The summed E-state index contributed by atoms with van der Waals surface area (Å²) in [4.78, 5) is 13.6. The van der Waals surface area contributed by atoms with Gasteiger partial charge in [0.05, 0.1) is 5.41 Å². The summed E-state index contributed by atoms with van der Waals surface area (Å²) in [7, 11) is 4.31. The molecule has 0 unspecified atom stereocenters. The van der Waals surface area contributed by atoms with E-state index in [0.717, 1.165) is 17.4 Å². The highest BCUT2D eigenvalue weighted by Gasteiger charge is 2.43. The molecule has 35 heavy (non-hydrogen) atoms. The summed E-state index contributed by atoms with van der Waals surface area (Å²) < 4.78 is 2.31. The Bertz CT molecular complexity index is 1420. The first-order chi connectivity index (χ1) is 16.7. The zero-order valence-corrected chi connectivity index (χ0v) is 21.5. The maximum atomic E-state index is 11.3. The van der Waals surface area contributed by atoms with Gasteiger partial charge >= 0.3 is 0 Å². The summed E-state index contributed by atoms with van der Waals surface area (Å²) in [6, 6.07) is 25.2. The predicted molar refractivity (Wildman–Crippen MR) is 146 cm³/mol. The van der Waals surface area contributed by atoms with Gasteiger partial charge in [-0.3, -0.25) is 4.79 Å². The Labute approximate surface area is 208 Å². The Hall–Kier alpha value is -3.72. The maximum Gasteiger partial charge on any atom is 0.209 e. The van der Waals surface area contributed by atoms with E-state index in [4.69, 9.17) is 0 Å². The zero-order valence-electron chi connectivity index (χ0n) is 21.5. The van der Waals surface area contributed by atoms with Crippen molar-refractivity contribution in [2.75, 3.05) is 19.0 Å². The molecule has 0 bridgehead atoms. The molecule has 2 aliphatic heterocycles. The van der Waals surface area contributed by atoms with E-state index in [2.05, 4.69) is 124 Å². The molecule has 5 rings (SSSR count). The third kappa shape index (κ3) is 3.58. The van der Waals surface area contributed by atoms with E-state index in [9.17, 15) is 4.79 Å². The van der Waals surface area contributed by atoms with Crippen LogP contribution in [0.1, 0.15) is 54.7 Å². The Morgan fingerprint density at radius 3 is 2.09 bits per heavy atom. The predicted octanol–water partition coefficient (Wildman–Crippen LogP) is 6.90. The van der Waals surface area contributed by atoms with Crippen LogP contribution in [0.4, 0.5) is 11.4 Å². The van der Waals surface area contributed by atoms with Gasteiger partial charge in [-0.25, -0.2) is 0 Å². The molecule has 0 radical (unpaired) electrons. The molecule has 2 aliphatic rings. The third-order valence-electron chi connectivity index (χ3n) is 7.85. The highest BCUT2D eigenvalue weighted by atomic mass is 16.1. The van der Waals surface area contributed by atoms with Crippen molar-refractivity contribution in [2.24, 2.45) is 0 Å². The first-order valence-corrected chi connectivity index (χ1v) is 12.2. The molecule has 3 nitrogen and oxygen atoms in total. The van der Waals surface area contributed by atoms with Crippen molar-refractivity contribution in [3.05, 3.63) is 113 Å². The Morgan fingerprint density at radius 1 is 0.829 bits per heavy atom. The van der Waals surface area contributed by atoms with E-state index in [1.54, 1.807) is 0 Å². The number of anilines is 1. The minimum absolute atomic E-state index is 0.127. The fourth-order valence-electron chi connectivity index (χ4n) is 5.77. The highest BCUT2D eigenvalue weighted by molar-refractivity contribution is 6.08. The van der Waals surface area contributed by atoms with Crippen LogP contribution in [0.5, 0.6) is 0 Å². The van der Waals surface area contributed by atoms with Crippen molar-refractivity contribution in [1.29, 1.82) is 0 Å². The van der Waals surface area contributed by atoms with Crippen LogP contribution in [0.25, 0.3) is 5.57 Å². The fraction of sp³-hybridized carbons (Fsp3) is 0.250. The molecule has 0 amide bonds. The molecule has 176 valence electrons. The van der Waals surface area contributed by atoms with Gasteiger partial charge in [-0.15, -0.1) is 0 Å². The van der Waals surface area contributed by atoms with Crippen molar-refractivity contribution in [3.8, 4) is 0 Å². The first-order valence-electron chi connectivity index (χ1n) is 12.2. The van der Waals surface area contributed by atoms with E-state index in [0.29, 0.717) is 5.56 Å². The quantitative estimate of drug-likeness (QED) is 0.312. The smallest absolute Gasteiger partial charge is 0.209 e. The van der Waals surface area contributed by atoms with Gasteiger partial charge < -0.3 is 4.90 Å². The summed E-state index contributed by atoms with van der Waals surface area (Å²) in [5.41, 5.74) is 10.3. The van der Waals surface area contributed by atoms with Crippen LogP contribution < -0.4 is 4.90 Å². The van der Waals surface area contributed by atoms with Crippen LogP contribution in [-0.4, -0.2) is 30.7 Å². The van der Waals surface area contributed by atoms with E-state index >= 15 is 0 Å². The lowest BCUT2D eigenvalue weighted by Crippen LogP contribution is -2.27. The number of para-hydroxylation sites is 2. The van der Waals surface area contributed by atoms with Crippen LogP contribution in [0.2, 0.25) is 0 Å². The number of hydrogen-bond donors (Lipinski definition) is 0. The number of likely N-dealkylation sites (N-methyl/N-ethyl adjacent to an activating group) is 1. The van der Waals surface area contributed by atoms with Gasteiger partial charge in [0, 0.05) is 47.1 Å². The van der Waals surface area contributed by atoms with Crippen LogP contribution in [-0.2, 0) is 10.8 Å². The molecule has 3 aromatic rings. The molecule has 0 fully saturated rings. The highest BCUT2D eigenvalue weighted by Crippen LogP contribution is 2.48. The molecule has 3 heteroatoms. The Balaban J connectivity index is 1.71. The molecule has 0 atom stereocenters. The van der Waals surface area contributed by atoms with Gasteiger partial charge in [-0.2, -0.15) is 4.58 Å². The summed E-state index contributed by atoms with van der Waals surface area (Å²) in [6.45, 7) is 9.18. The molecule has 3 aromatic carbocycles. The molecule has 0 N–H and O–H groups in total. The summed E-state index contributed by atoms with van der Waals surface area (Å²) in [5.74, 6) is 0. The lowest BCUT2D eigenvalue weighted by atomic mass is 9.80. The number of benzene rings is 3. The largest absolute Gasteiger partial charge is 0.347 e. The standard InChI is InChI=1S/C32H33N2O/c1-31(2)25-11-7-9-13-27(25)33(5)29(31)19-24(23-17-15-22(21-35)16-18-23)20-30-32(3,4)26-12-8-10-14-28(26)34(30)6/h7-21H,1-6H3/q+1. The zero-order chi connectivity index (χ0) is 25.0. The minimum atomic E-state index is -0.127. The van der Waals surface area contributed by atoms with Crippen LogP contribution in [0, 0.1) is 0 Å². The van der Waals surface area contributed by atoms with Gasteiger partial charge in [-0.05, 0) is 42.7 Å². The molecular weight excluding hydrogens is 428 g/mol. The summed E-state index contributed by atoms with van der Waals surface area (Å²) in [6.07, 6.45) is 5.56. The van der Waals surface area contributed by atoms with Gasteiger partial charge in [0.25, 0.3) is 0 Å². The van der Waals surface area contributed by atoms with Crippen molar-refractivity contribution in [2.45, 2.75) is 38.5 Å². The molecule has 0 aromatic heterocycles. The van der Waals surface area contributed by atoms with Crippen molar-refractivity contribution < 1.29 is 9.37 Å². The molecule has 0 saturated carbocycles. The SMILES string of the molecule is CN1/C(=C\C(=C\C2=[N+](C)c3ccccc3C2(C)C)c2ccc(C=O)cc2)C(C)(C)c2ccccc21. The average molecular weight is 462 g/mol. The van der Waals surface area contributed by atoms with Gasteiger partial charge in [0.2, 0.25) is 5.69 Å². The van der Waals surface area contributed by atoms with E-state index < -0.39 is 0 Å². The fourth-order valence-corrected chi connectivity index (χ4v) is 5.77. The van der Waals surface area contributed by atoms with E-state index in [1.165, 1.54) is 33.9 Å². The maximum absolute atomic E-state index is 11.3. The van der Waals surface area contributed by atoms with E-state index in [-0.39, 0.29) is 10.8 Å². The van der Waals surface area contributed by atoms with Gasteiger partial charge in [-0.1, -0.05) is 74.5 Å². The van der Waals surface area contributed by atoms with Gasteiger partial charge in [0.1, 0.15) is 13.3 Å². The molecule has 0 spiro atoms. The number of carbonyl (C=O) groups excluding carboxylic acids is 1. The van der Waals surface area contributed by atoms with Crippen LogP contribution >= 0.6 is 0 Å². The molecular formula is C32H33N2O+. The molecule has 0 aliphatic carbocycles. The van der Waals surface area contributed by atoms with E-state index in [1.807, 2.05) is 12.1 Å². The number of allylic oxidation sites excluding steroid dienone is 4. The van der Waals surface area contributed by atoms with Crippen molar-refractivity contribution in [1.82, 2.24) is 0 Å². The summed E-state index contributed by atoms with van der Waals surface area (Å²) >= 11 is 0. The van der Waals surface area contributed by atoms with Crippen LogP contribution in [0.15, 0.2) is 90.6 Å². The Kier molecular flexibility index (Phi) is 5.40. The number of carbonyl (C=O) groups is 1. The molecule has 0 saturated heterocycles. The van der Waals surface area contributed by atoms with Gasteiger partial charge in [0.15, 0.2) is 5.71 Å². The second-order valence-corrected chi connectivity index (χ2v) is 10.7. The van der Waals surface area contributed by atoms with Crippen molar-refractivity contribution >= 4 is 28.9 Å². The van der Waals surface area contributed by atoms with Crippen molar-refractivity contribution in [3.63, 3.8) is 0 Å². The monoisotopic (exact) mass is 461 g/mol.